The Morgan fingerprint density at radius 2 is 1.58 bits per heavy atom. The Kier molecular flexibility index (Phi) is 6.67. The third-order valence-corrected chi connectivity index (χ3v) is 3.81. The lowest BCUT2D eigenvalue weighted by Gasteiger charge is -2.38. The molecule has 0 N–H and O–H groups in total. The van der Waals surface area contributed by atoms with Crippen LogP contribution in [-0.2, 0) is 5.54 Å². The summed E-state index contributed by atoms with van der Waals surface area (Å²) in [6, 6.07) is 10.5. The number of hydrogen-bond donors (Lipinski definition) is 0. The Labute approximate surface area is 119 Å². The summed E-state index contributed by atoms with van der Waals surface area (Å²) in [6.45, 7) is 8.79. The van der Waals surface area contributed by atoms with Gasteiger partial charge in [-0.3, -0.25) is 4.90 Å². The molecule has 0 radical (unpaired) electrons. The van der Waals surface area contributed by atoms with E-state index in [-0.39, 0.29) is 5.54 Å². The average Bonchev–Trinajstić information content (AvgIpc) is 2.47. The van der Waals surface area contributed by atoms with Crippen molar-refractivity contribution >= 4 is 0 Å². The van der Waals surface area contributed by atoms with Crippen LogP contribution in [0.4, 0.5) is 0 Å². The summed E-state index contributed by atoms with van der Waals surface area (Å²) >= 11 is 0. The fraction of sp³-hybridized carbons (Fsp3) is 0.556. The van der Waals surface area contributed by atoms with Gasteiger partial charge in [0.15, 0.2) is 0 Å². The number of rotatable bonds is 8. The van der Waals surface area contributed by atoms with E-state index in [0.29, 0.717) is 0 Å². The zero-order chi connectivity index (χ0) is 14.1. The number of nitrogens with zero attached hydrogens (tertiary/aromatic N) is 1. The van der Waals surface area contributed by atoms with Crippen LogP contribution in [0.5, 0.6) is 0 Å². The van der Waals surface area contributed by atoms with Gasteiger partial charge >= 0.3 is 0 Å². The molecule has 0 amide bonds. The van der Waals surface area contributed by atoms with E-state index in [1.165, 1.54) is 31.2 Å². The second kappa shape index (κ2) is 8.02. The molecule has 0 fully saturated rings. The molecule has 0 aromatic heterocycles. The van der Waals surface area contributed by atoms with Crippen LogP contribution in [0.3, 0.4) is 0 Å². The van der Waals surface area contributed by atoms with Crippen molar-refractivity contribution in [1.29, 1.82) is 0 Å². The molecular weight excluding hydrogens is 230 g/mol. The van der Waals surface area contributed by atoms with Crippen molar-refractivity contribution < 1.29 is 0 Å². The summed E-state index contributed by atoms with van der Waals surface area (Å²) in [7, 11) is 0. The van der Waals surface area contributed by atoms with Gasteiger partial charge < -0.3 is 0 Å². The zero-order valence-electron chi connectivity index (χ0n) is 12.7. The second-order valence-electron chi connectivity index (χ2n) is 5.28. The van der Waals surface area contributed by atoms with E-state index in [4.69, 9.17) is 6.42 Å². The summed E-state index contributed by atoms with van der Waals surface area (Å²) in [5, 5.41) is 0. The molecule has 0 aliphatic heterocycles. The van der Waals surface area contributed by atoms with Gasteiger partial charge in [-0.05, 0) is 38.4 Å². The molecule has 0 aliphatic rings. The molecule has 0 saturated heterocycles. The zero-order valence-corrected chi connectivity index (χ0v) is 12.7. The van der Waals surface area contributed by atoms with Crippen LogP contribution >= 0.6 is 0 Å². The molecule has 1 rings (SSSR count). The Morgan fingerprint density at radius 1 is 1.05 bits per heavy atom. The molecule has 0 heterocycles. The summed E-state index contributed by atoms with van der Waals surface area (Å²) in [4.78, 5) is 2.47. The van der Waals surface area contributed by atoms with Gasteiger partial charge in [0.1, 0.15) is 5.54 Å². The highest BCUT2D eigenvalue weighted by Crippen LogP contribution is 2.28. The first-order valence-electron chi connectivity index (χ1n) is 7.47. The van der Waals surface area contributed by atoms with E-state index in [1.807, 2.05) is 6.07 Å². The van der Waals surface area contributed by atoms with Gasteiger partial charge in [0.25, 0.3) is 0 Å². The van der Waals surface area contributed by atoms with Crippen LogP contribution in [0.1, 0.15) is 52.0 Å². The van der Waals surface area contributed by atoms with Crippen molar-refractivity contribution in [3.8, 4) is 12.3 Å². The molecule has 1 unspecified atom stereocenters. The minimum absolute atomic E-state index is 0.286. The van der Waals surface area contributed by atoms with Gasteiger partial charge in [0.2, 0.25) is 0 Å². The van der Waals surface area contributed by atoms with Crippen molar-refractivity contribution in [2.75, 3.05) is 13.1 Å². The van der Waals surface area contributed by atoms with Crippen LogP contribution in [-0.4, -0.2) is 18.0 Å². The summed E-state index contributed by atoms with van der Waals surface area (Å²) < 4.78 is 0. The molecule has 1 heteroatoms. The topological polar surface area (TPSA) is 3.24 Å². The molecule has 1 aromatic rings. The van der Waals surface area contributed by atoms with Crippen molar-refractivity contribution in [3.63, 3.8) is 0 Å². The molecule has 1 aromatic carbocycles. The minimum atomic E-state index is -0.286. The van der Waals surface area contributed by atoms with E-state index >= 15 is 0 Å². The number of unbranched alkanes of at least 4 members (excludes halogenated alkanes) is 2. The lowest BCUT2D eigenvalue weighted by molar-refractivity contribution is 0.149. The summed E-state index contributed by atoms with van der Waals surface area (Å²) in [5.74, 6) is 3.04. The van der Waals surface area contributed by atoms with Crippen LogP contribution in [0.25, 0.3) is 0 Å². The maximum atomic E-state index is 5.89. The molecule has 0 saturated carbocycles. The van der Waals surface area contributed by atoms with Crippen molar-refractivity contribution in [3.05, 3.63) is 35.9 Å². The largest absolute Gasteiger partial charge is 0.284 e. The lowest BCUT2D eigenvalue weighted by Crippen LogP contribution is -2.44. The van der Waals surface area contributed by atoms with Crippen molar-refractivity contribution in [1.82, 2.24) is 4.90 Å². The molecule has 0 spiro atoms. The Bertz CT molecular complexity index is 382. The molecule has 19 heavy (non-hydrogen) atoms. The Morgan fingerprint density at radius 3 is 2.00 bits per heavy atom. The van der Waals surface area contributed by atoms with Gasteiger partial charge in [-0.2, -0.15) is 0 Å². The predicted octanol–water partition coefficient (Wildman–Crippen LogP) is 4.44. The Balaban J connectivity index is 2.96. The first-order valence-corrected chi connectivity index (χ1v) is 7.47. The lowest BCUT2D eigenvalue weighted by atomic mass is 9.90. The first-order chi connectivity index (χ1) is 9.19. The molecule has 1 nitrogen and oxygen atoms in total. The monoisotopic (exact) mass is 257 g/mol. The molecule has 1 atom stereocenters. The standard InChI is InChI=1S/C18H27N/c1-5-8-15-19(16-9-6-2)18(4,7-3)17-13-11-10-12-14-17/h3,10-14H,5-6,8-9,15-16H2,1-2,4H3. The highest BCUT2D eigenvalue weighted by molar-refractivity contribution is 5.32. The number of benzene rings is 1. The van der Waals surface area contributed by atoms with Gasteiger partial charge in [-0.1, -0.05) is 62.9 Å². The SMILES string of the molecule is C#CC(C)(c1ccccc1)N(CCCC)CCCC. The van der Waals surface area contributed by atoms with Crippen LogP contribution < -0.4 is 0 Å². The third kappa shape index (κ3) is 4.11. The number of hydrogen-bond acceptors (Lipinski definition) is 1. The highest BCUT2D eigenvalue weighted by atomic mass is 15.2. The van der Waals surface area contributed by atoms with E-state index in [2.05, 4.69) is 55.9 Å². The Hall–Kier alpha value is -1.26. The van der Waals surface area contributed by atoms with E-state index in [1.54, 1.807) is 0 Å². The van der Waals surface area contributed by atoms with E-state index < -0.39 is 0 Å². The predicted molar refractivity (Wildman–Crippen MR) is 84.0 cm³/mol. The third-order valence-electron chi connectivity index (χ3n) is 3.81. The maximum Gasteiger partial charge on any atom is 0.105 e. The van der Waals surface area contributed by atoms with Gasteiger partial charge in [0, 0.05) is 0 Å². The van der Waals surface area contributed by atoms with Crippen LogP contribution in [0.2, 0.25) is 0 Å². The van der Waals surface area contributed by atoms with E-state index in [0.717, 1.165) is 13.1 Å². The van der Waals surface area contributed by atoms with Gasteiger partial charge in [-0.25, -0.2) is 0 Å². The molecule has 0 aliphatic carbocycles. The van der Waals surface area contributed by atoms with Crippen molar-refractivity contribution in [2.24, 2.45) is 0 Å². The highest BCUT2D eigenvalue weighted by Gasteiger charge is 2.30. The van der Waals surface area contributed by atoms with Crippen LogP contribution in [0.15, 0.2) is 30.3 Å². The number of terminal acetylenes is 1. The molecular formula is C18H27N. The fourth-order valence-electron chi connectivity index (χ4n) is 2.38. The normalized spacial score (nSPS) is 14.1. The van der Waals surface area contributed by atoms with Crippen molar-refractivity contribution in [2.45, 2.75) is 52.0 Å². The first kappa shape index (κ1) is 15.8. The molecule has 0 bridgehead atoms. The summed E-state index contributed by atoms with van der Waals surface area (Å²) in [5.41, 5.74) is 0.940. The van der Waals surface area contributed by atoms with Gasteiger partial charge in [-0.15, -0.1) is 6.42 Å². The maximum absolute atomic E-state index is 5.89. The smallest absolute Gasteiger partial charge is 0.105 e. The summed E-state index contributed by atoms with van der Waals surface area (Å²) in [6.07, 6.45) is 10.7. The molecule has 104 valence electrons. The average molecular weight is 257 g/mol. The second-order valence-corrected chi connectivity index (χ2v) is 5.28. The fourth-order valence-corrected chi connectivity index (χ4v) is 2.38. The van der Waals surface area contributed by atoms with E-state index in [9.17, 15) is 0 Å². The minimum Gasteiger partial charge on any atom is -0.284 e. The van der Waals surface area contributed by atoms with Crippen LogP contribution in [0, 0.1) is 12.3 Å². The van der Waals surface area contributed by atoms with Gasteiger partial charge in [0.05, 0.1) is 0 Å². The quantitative estimate of drug-likeness (QED) is 0.622.